The van der Waals surface area contributed by atoms with Gasteiger partial charge in [-0.25, -0.2) is 4.68 Å². The quantitative estimate of drug-likeness (QED) is 0.486. The van der Waals surface area contributed by atoms with E-state index in [0.29, 0.717) is 5.56 Å². The first-order chi connectivity index (χ1) is 15.3. The van der Waals surface area contributed by atoms with Gasteiger partial charge < -0.3 is 4.90 Å². The summed E-state index contributed by atoms with van der Waals surface area (Å²) in [5.41, 5.74) is 3.74. The predicted octanol–water partition coefficient (Wildman–Crippen LogP) is 3.35. The summed E-state index contributed by atoms with van der Waals surface area (Å²) in [5, 5.41) is 13.5. The van der Waals surface area contributed by atoms with E-state index in [1.165, 1.54) is 5.56 Å². The third-order valence-electron chi connectivity index (χ3n) is 5.49. The number of rotatable bonds is 5. The van der Waals surface area contributed by atoms with Crippen molar-refractivity contribution in [3.05, 3.63) is 83.5 Å². The lowest BCUT2D eigenvalue weighted by atomic mass is 10.1. The van der Waals surface area contributed by atoms with Crippen LogP contribution in [0.2, 0.25) is 0 Å². The molecule has 3 heterocycles. The van der Waals surface area contributed by atoms with Gasteiger partial charge in [0.2, 0.25) is 0 Å². The SMILES string of the molecule is O=C(c1cc(-c2cccs2)cc(-n2cnnn2)c1)N1CCN(Cc2ccccc2)CC1. The van der Waals surface area contributed by atoms with Crippen molar-refractivity contribution < 1.29 is 4.79 Å². The molecule has 1 aliphatic rings. The Balaban J connectivity index is 1.34. The molecule has 4 aromatic rings. The van der Waals surface area contributed by atoms with Crippen LogP contribution >= 0.6 is 11.3 Å². The monoisotopic (exact) mass is 430 g/mol. The molecule has 0 radical (unpaired) electrons. The molecule has 5 rings (SSSR count). The second-order valence-electron chi connectivity index (χ2n) is 7.55. The third kappa shape index (κ3) is 4.40. The van der Waals surface area contributed by atoms with Gasteiger partial charge in [-0.15, -0.1) is 16.4 Å². The van der Waals surface area contributed by atoms with Crippen LogP contribution in [-0.2, 0) is 6.54 Å². The molecule has 1 aliphatic heterocycles. The number of carbonyl (C=O) groups is 1. The van der Waals surface area contributed by atoms with Crippen LogP contribution in [0.5, 0.6) is 0 Å². The molecular formula is C23H22N6OS. The van der Waals surface area contributed by atoms with E-state index in [9.17, 15) is 4.79 Å². The Morgan fingerprint density at radius 2 is 1.81 bits per heavy atom. The molecule has 0 atom stereocenters. The van der Waals surface area contributed by atoms with Crippen LogP contribution < -0.4 is 0 Å². The van der Waals surface area contributed by atoms with Crippen molar-refractivity contribution in [3.63, 3.8) is 0 Å². The molecule has 2 aromatic heterocycles. The van der Waals surface area contributed by atoms with Crippen LogP contribution in [0.3, 0.4) is 0 Å². The first-order valence-electron chi connectivity index (χ1n) is 10.2. The van der Waals surface area contributed by atoms with Crippen LogP contribution in [0.4, 0.5) is 0 Å². The molecule has 31 heavy (non-hydrogen) atoms. The van der Waals surface area contributed by atoms with Crippen LogP contribution in [0, 0.1) is 0 Å². The average molecular weight is 431 g/mol. The molecular weight excluding hydrogens is 408 g/mol. The first kappa shape index (κ1) is 19.6. The van der Waals surface area contributed by atoms with Crippen molar-refractivity contribution in [2.75, 3.05) is 26.2 Å². The summed E-state index contributed by atoms with van der Waals surface area (Å²) in [7, 11) is 0. The van der Waals surface area contributed by atoms with Crippen LogP contribution in [0.15, 0.2) is 72.4 Å². The topological polar surface area (TPSA) is 67.2 Å². The summed E-state index contributed by atoms with van der Waals surface area (Å²) in [6.07, 6.45) is 1.55. The van der Waals surface area contributed by atoms with E-state index in [4.69, 9.17) is 0 Å². The molecule has 0 aliphatic carbocycles. The maximum Gasteiger partial charge on any atom is 0.254 e. The molecule has 0 unspecified atom stereocenters. The van der Waals surface area contributed by atoms with Gasteiger partial charge in [-0.3, -0.25) is 9.69 Å². The highest BCUT2D eigenvalue weighted by atomic mass is 32.1. The Kier molecular flexibility index (Phi) is 5.56. The summed E-state index contributed by atoms with van der Waals surface area (Å²) >= 11 is 1.65. The van der Waals surface area contributed by atoms with E-state index in [1.54, 1.807) is 22.3 Å². The van der Waals surface area contributed by atoms with Crippen molar-refractivity contribution in [2.45, 2.75) is 6.54 Å². The average Bonchev–Trinajstić information content (AvgIpc) is 3.54. The summed E-state index contributed by atoms with van der Waals surface area (Å²) in [6.45, 7) is 4.08. The minimum absolute atomic E-state index is 0.0482. The van der Waals surface area contributed by atoms with Crippen LogP contribution in [0.25, 0.3) is 16.1 Å². The number of amides is 1. The lowest BCUT2D eigenvalue weighted by molar-refractivity contribution is 0.0628. The second-order valence-corrected chi connectivity index (χ2v) is 8.50. The maximum atomic E-state index is 13.4. The molecule has 156 valence electrons. The van der Waals surface area contributed by atoms with Crippen molar-refractivity contribution in [1.29, 1.82) is 0 Å². The van der Waals surface area contributed by atoms with Crippen molar-refractivity contribution in [2.24, 2.45) is 0 Å². The molecule has 7 nitrogen and oxygen atoms in total. The number of benzene rings is 2. The van der Waals surface area contributed by atoms with Gasteiger partial charge in [-0.1, -0.05) is 36.4 Å². The zero-order valence-electron chi connectivity index (χ0n) is 17.0. The number of tetrazole rings is 1. The van der Waals surface area contributed by atoms with E-state index < -0.39 is 0 Å². The van der Waals surface area contributed by atoms with Gasteiger partial charge in [-0.05, 0) is 51.2 Å². The van der Waals surface area contributed by atoms with Gasteiger partial charge in [0.25, 0.3) is 5.91 Å². The lowest BCUT2D eigenvalue weighted by Gasteiger charge is -2.35. The fourth-order valence-electron chi connectivity index (χ4n) is 3.86. The standard InChI is InChI=1S/C23H22N6OS/c30-23(28-10-8-27(9-11-28)16-18-5-2-1-3-6-18)20-13-19(22-7-4-12-31-22)14-21(15-20)29-17-24-25-26-29/h1-7,12-15,17H,8-11,16H2. The number of hydrogen-bond acceptors (Lipinski definition) is 6. The van der Waals surface area contributed by atoms with Crippen molar-refractivity contribution in [1.82, 2.24) is 30.0 Å². The smallest absolute Gasteiger partial charge is 0.254 e. The van der Waals surface area contributed by atoms with E-state index in [0.717, 1.165) is 48.9 Å². The number of aromatic nitrogens is 4. The molecule has 0 spiro atoms. The largest absolute Gasteiger partial charge is 0.336 e. The highest BCUT2D eigenvalue weighted by Gasteiger charge is 2.23. The number of hydrogen-bond donors (Lipinski definition) is 0. The minimum Gasteiger partial charge on any atom is -0.336 e. The molecule has 8 heteroatoms. The zero-order chi connectivity index (χ0) is 21.0. The molecule has 1 amide bonds. The summed E-state index contributed by atoms with van der Waals surface area (Å²) < 4.78 is 1.59. The van der Waals surface area contributed by atoms with E-state index >= 15 is 0 Å². The number of piperazine rings is 1. The Morgan fingerprint density at radius 3 is 2.52 bits per heavy atom. The van der Waals surface area contributed by atoms with Gasteiger partial charge >= 0.3 is 0 Å². The fourth-order valence-corrected chi connectivity index (χ4v) is 4.58. The summed E-state index contributed by atoms with van der Waals surface area (Å²) in [6, 6.07) is 20.4. The lowest BCUT2D eigenvalue weighted by Crippen LogP contribution is -2.48. The Hall–Kier alpha value is -3.36. The molecule has 0 saturated carbocycles. The Morgan fingerprint density at radius 1 is 0.968 bits per heavy atom. The maximum absolute atomic E-state index is 13.4. The molecule has 0 bridgehead atoms. The second kappa shape index (κ2) is 8.79. The molecule has 1 saturated heterocycles. The van der Waals surface area contributed by atoms with E-state index in [2.05, 4.69) is 50.8 Å². The summed E-state index contributed by atoms with van der Waals surface area (Å²) in [4.78, 5) is 18.8. The van der Waals surface area contributed by atoms with Gasteiger partial charge in [0.05, 0.1) is 5.69 Å². The minimum atomic E-state index is 0.0482. The van der Waals surface area contributed by atoms with E-state index in [1.807, 2.05) is 40.6 Å². The fraction of sp³-hybridized carbons (Fsp3) is 0.217. The van der Waals surface area contributed by atoms with E-state index in [-0.39, 0.29) is 5.91 Å². The number of carbonyl (C=O) groups excluding carboxylic acids is 1. The molecule has 0 N–H and O–H groups in total. The van der Waals surface area contributed by atoms with Gasteiger partial charge in [0.1, 0.15) is 6.33 Å². The van der Waals surface area contributed by atoms with Crippen LogP contribution in [0.1, 0.15) is 15.9 Å². The summed E-state index contributed by atoms with van der Waals surface area (Å²) in [5.74, 6) is 0.0482. The van der Waals surface area contributed by atoms with Crippen LogP contribution in [-0.4, -0.2) is 62.1 Å². The normalized spacial score (nSPS) is 14.6. The zero-order valence-corrected chi connectivity index (χ0v) is 17.8. The highest BCUT2D eigenvalue weighted by Crippen LogP contribution is 2.28. The molecule has 1 fully saturated rings. The Bertz CT molecular complexity index is 1080. The van der Waals surface area contributed by atoms with Crippen molar-refractivity contribution >= 4 is 17.2 Å². The van der Waals surface area contributed by atoms with Gasteiger partial charge in [0, 0.05) is 43.2 Å². The Labute approximate surface area is 184 Å². The van der Waals surface area contributed by atoms with Crippen molar-refractivity contribution in [3.8, 4) is 16.1 Å². The number of nitrogens with zero attached hydrogens (tertiary/aromatic N) is 6. The third-order valence-corrected chi connectivity index (χ3v) is 6.41. The highest BCUT2D eigenvalue weighted by molar-refractivity contribution is 7.13. The predicted molar refractivity (Wildman–Crippen MR) is 120 cm³/mol. The van der Waals surface area contributed by atoms with Gasteiger partial charge in [-0.2, -0.15) is 0 Å². The first-order valence-corrected chi connectivity index (χ1v) is 11.1. The molecule has 2 aromatic carbocycles. The number of thiophene rings is 1. The van der Waals surface area contributed by atoms with Gasteiger partial charge in [0.15, 0.2) is 0 Å².